The molecule has 1 aromatic rings. The molecule has 0 spiro atoms. The van der Waals surface area contributed by atoms with Crippen LogP contribution in [0.5, 0.6) is 0 Å². The fraction of sp³-hybridized carbons (Fsp3) is 0.462. The van der Waals surface area contributed by atoms with E-state index in [9.17, 15) is 5.11 Å². The lowest BCUT2D eigenvalue weighted by atomic mass is 10.2. The van der Waals surface area contributed by atoms with Crippen molar-refractivity contribution in [1.29, 1.82) is 0 Å². The maximum atomic E-state index is 9.39. The van der Waals surface area contributed by atoms with E-state index in [-0.39, 0.29) is 0 Å². The first kappa shape index (κ1) is 12.7. The van der Waals surface area contributed by atoms with Crippen molar-refractivity contribution in [1.82, 2.24) is 4.98 Å². The first-order valence-corrected chi connectivity index (χ1v) is 5.69. The zero-order chi connectivity index (χ0) is 12.0. The van der Waals surface area contributed by atoms with Gasteiger partial charge in [-0.1, -0.05) is 19.1 Å². The minimum Gasteiger partial charge on any atom is -0.389 e. The molecule has 0 aliphatic heterocycles. The molecule has 0 radical (unpaired) electrons. The van der Waals surface area contributed by atoms with Crippen molar-refractivity contribution in [2.45, 2.75) is 26.4 Å². The fourth-order valence-corrected chi connectivity index (χ4v) is 1.56. The van der Waals surface area contributed by atoms with Crippen molar-refractivity contribution in [3.63, 3.8) is 0 Å². The molecule has 1 N–H and O–H groups in total. The van der Waals surface area contributed by atoms with E-state index in [2.05, 4.69) is 23.4 Å². The highest BCUT2D eigenvalue weighted by molar-refractivity contribution is 5.40. The van der Waals surface area contributed by atoms with Crippen LogP contribution in [-0.4, -0.2) is 23.2 Å². The Balaban J connectivity index is 2.80. The lowest BCUT2D eigenvalue weighted by Crippen LogP contribution is -2.24. The molecule has 1 rings (SSSR count). The van der Waals surface area contributed by atoms with Crippen molar-refractivity contribution in [2.24, 2.45) is 0 Å². The minimum absolute atomic E-state index is 0.458. The molecule has 0 bridgehead atoms. The number of aliphatic hydroxyl groups excluding tert-OH is 1. The van der Waals surface area contributed by atoms with E-state index in [1.165, 1.54) is 0 Å². The first-order valence-electron chi connectivity index (χ1n) is 5.69. The number of aliphatic hydroxyl groups is 1. The molecule has 0 saturated carbocycles. The molecule has 1 heterocycles. The van der Waals surface area contributed by atoms with Crippen LogP contribution in [0.2, 0.25) is 0 Å². The largest absolute Gasteiger partial charge is 0.389 e. The van der Waals surface area contributed by atoms with Crippen LogP contribution in [0.4, 0.5) is 5.82 Å². The van der Waals surface area contributed by atoms with Crippen molar-refractivity contribution in [3.8, 4) is 0 Å². The highest BCUT2D eigenvalue weighted by atomic mass is 16.3. The normalized spacial score (nSPS) is 12.2. The Hall–Kier alpha value is -1.35. The third-order valence-corrected chi connectivity index (χ3v) is 2.42. The van der Waals surface area contributed by atoms with Crippen LogP contribution in [0.3, 0.4) is 0 Å². The van der Waals surface area contributed by atoms with Crippen LogP contribution in [0.15, 0.2) is 31.0 Å². The van der Waals surface area contributed by atoms with Gasteiger partial charge in [-0.15, -0.1) is 6.58 Å². The second kappa shape index (κ2) is 6.28. The summed E-state index contributed by atoms with van der Waals surface area (Å²) in [4.78, 5) is 6.52. The van der Waals surface area contributed by atoms with Gasteiger partial charge in [0, 0.05) is 19.3 Å². The van der Waals surface area contributed by atoms with Crippen LogP contribution in [0.1, 0.15) is 31.9 Å². The van der Waals surface area contributed by atoms with Crippen molar-refractivity contribution >= 4 is 5.82 Å². The molecule has 3 heteroatoms. The van der Waals surface area contributed by atoms with Gasteiger partial charge in [0.05, 0.1) is 6.10 Å². The molecule has 3 nitrogen and oxygen atoms in total. The summed E-state index contributed by atoms with van der Waals surface area (Å²) in [5.41, 5.74) is 0.846. The summed E-state index contributed by atoms with van der Waals surface area (Å²) >= 11 is 0. The topological polar surface area (TPSA) is 36.4 Å². The summed E-state index contributed by atoms with van der Waals surface area (Å²) in [6, 6.07) is 3.86. The zero-order valence-electron chi connectivity index (χ0n) is 10.1. The van der Waals surface area contributed by atoms with Gasteiger partial charge in [0.2, 0.25) is 0 Å². The summed E-state index contributed by atoms with van der Waals surface area (Å²) in [5, 5.41) is 9.39. The monoisotopic (exact) mass is 220 g/mol. The Morgan fingerprint density at radius 2 is 2.31 bits per heavy atom. The quantitative estimate of drug-likeness (QED) is 0.748. The second-order valence-electron chi connectivity index (χ2n) is 3.86. The van der Waals surface area contributed by atoms with Gasteiger partial charge >= 0.3 is 0 Å². The molecule has 0 saturated heterocycles. The predicted octanol–water partition coefficient (Wildman–Crippen LogP) is 2.54. The molecule has 0 unspecified atom stereocenters. The van der Waals surface area contributed by atoms with E-state index in [1.54, 1.807) is 13.1 Å². The van der Waals surface area contributed by atoms with Gasteiger partial charge in [0.15, 0.2) is 0 Å². The Kier molecular flexibility index (Phi) is 4.99. The highest BCUT2D eigenvalue weighted by Crippen LogP contribution is 2.15. The highest BCUT2D eigenvalue weighted by Gasteiger charge is 2.06. The molecule has 0 amide bonds. The van der Waals surface area contributed by atoms with Gasteiger partial charge in [0.1, 0.15) is 5.82 Å². The molecule has 16 heavy (non-hydrogen) atoms. The summed E-state index contributed by atoms with van der Waals surface area (Å²) in [6.07, 6.45) is 4.22. The Morgan fingerprint density at radius 3 is 2.75 bits per heavy atom. The van der Waals surface area contributed by atoms with Crippen molar-refractivity contribution < 1.29 is 5.11 Å². The molecular formula is C13H20N2O. The number of hydrogen-bond acceptors (Lipinski definition) is 3. The number of nitrogens with zero attached hydrogens (tertiary/aromatic N) is 2. The fourth-order valence-electron chi connectivity index (χ4n) is 1.56. The molecule has 1 aromatic heterocycles. The SMILES string of the molecule is C=CCN(CCC)c1ccc([C@@H](C)O)cn1. The van der Waals surface area contributed by atoms with Crippen LogP contribution < -0.4 is 4.90 Å². The number of anilines is 1. The lowest BCUT2D eigenvalue weighted by Gasteiger charge is -2.21. The Labute approximate surface area is 97.4 Å². The van der Waals surface area contributed by atoms with E-state index in [0.717, 1.165) is 30.9 Å². The maximum Gasteiger partial charge on any atom is 0.128 e. The van der Waals surface area contributed by atoms with Crippen molar-refractivity contribution in [2.75, 3.05) is 18.0 Å². The third kappa shape index (κ3) is 3.35. The summed E-state index contributed by atoms with van der Waals surface area (Å²) in [5.74, 6) is 0.936. The van der Waals surface area contributed by atoms with Gasteiger partial charge in [0.25, 0.3) is 0 Å². The predicted molar refractivity (Wildman–Crippen MR) is 67.6 cm³/mol. The number of hydrogen-bond donors (Lipinski definition) is 1. The third-order valence-electron chi connectivity index (χ3n) is 2.42. The average Bonchev–Trinajstić information content (AvgIpc) is 2.29. The molecule has 0 aromatic carbocycles. The summed E-state index contributed by atoms with van der Waals surface area (Å²) in [7, 11) is 0. The Morgan fingerprint density at radius 1 is 1.56 bits per heavy atom. The van der Waals surface area contributed by atoms with E-state index in [4.69, 9.17) is 0 Å². The van der Waals surface area contributed by atoms with Gasteiger partial charge in [-0.25, -0.2) is 4.98 Å². The smallest absolute Gasteiger partial charge is 0.128 e. The van der Waals surface area contributed by atoms with Crippen molar-refractivity contribution in [3.05, 3.63) is 36.5 Å². The standard InChI is InChI=1S/C13H20N2O/c1-4-8-15(9-5-2)13-7-6-12(10-14-13)11(3)16/h4,6-7,10-11,16H,1,5,8-9H2,2-3H3/t11-/m1/s1. The molecule has 88 valence electrons. The summed E-state index contributed by atoms with van der Waals surface area (Å²) < 4.78 is 0. The zero-order valence-corrected chi connectivity index (χ0v) is 10.1. The number of rotatable bonds is 6. The average molecular weight is 220 g/mol. The molecule has 0 aliphatic rings. The van der Waals surface area contributed by atoms with E-state index < -0.39 is 6.10 Å². The van der Waals surface area contributed by atoms with Gasteiger partial charge < -0.3 is 10.0 Å². The minimum atomic E-state index is -0.458. The van der Waals surface area contributed by atoms with Crippen LogP contribution in [0, 0.1) is 0 Å². The van der Waals surface area contributed by atoms with E-state index in [1.807, 2.05) is 18.2 Å². The second-order valence-corrected chi connectivity index (χ2v) is 3.86. The molecule has 0 fully saturated rings. The molecule has 0 aliphatic carbocycles. The number of aromatic nitrogens is 1. The van der Waals surface area contributed by atoms with E-state index in [0.29, 0.717) is 0 Å². The maximum absolute atomic E-state index is 9.39. The molecular weight excluding hydrogens is 200 g/mol. The van der Waals surface area contributed by atoms with Gasteiger partial charge in [-0.3, -0.25) is 0 Å². The van der Waals surface area contributed by atoms with Gasteiger partial charge in [-0.05, 0) is 25.0 Å². The van der Waals surface area contributed by atoms with E-state index >= 15 is 0 Å². The number of pyridine rings is 1. The van der Waals surface area contributed by atoms with Crippen LogP contribution in [-0.2, 0) is 0 Å². The van der Waals surface area contributed by atoms with Crippen LogP contribution in [0.25, 0.3) is 0 Å². The Bertz CT molecular complexity index is 319. The molecule has 1 atom stereocenters. The summed E-state index contributed by atoms with van der Waals surface area (Å²) in [6.45, 7) is 9.39. The first-order chi connectivity index (χ1) is 7.69. The van der Waals surface area contributed by atoms with Crippen LogP contribution >= 0.6 is 0 Å². The van der Waals surface area contributed by atoms with Gasteiger partial charge in [-0.2, -0.15) is 0 Å². The lowest BCUT2D eigenvalue weighted by molar-refractivity contribution is 0.199.